The first-order valence-electron chi connectivity index (χ1n) is 8.79. The van der Waals surface area contributed by atoms with Gasteiger partial charge in [-0.1, -0.05) is 48.0 Å². The normalized spacial score (nSPS) is 10.5. The first-order chi connectivity index (χ1) is 14.1. The monoisotopic (exact) mass is 404 g/mol. The summed E-state index contributed by atoms with van der Waals surface area (Å²) < 4.78 is 0. The van der Waals surface area contributed by atoms with Gasteiger partial charge in [-0.25, -0.2) is 9.97 Å². The fourth-order valence-electron chi connectivity index (χ4n) is 2.85. The number of hydrogen-bond donors (Lipinski definition) is 4. The number of hydrogen-bond acceptors (Lipinski definition) is 6. The number of rotatable bonds is 5. The second-order valence-corrected chi connectivity index (χ2v) is 6.66. The third-order valence-electron chi connectivity index (χ3n) is 4.33. The average Bonchev–Trinajstić information content (AvgIpc) is 2.75. The molecule has 29 heavy (non-hydrogen) atoms. The van der Waals surface area contributed by atoms with Gasteiger partial charge in [0.2, 0.25) is 0 Å². The quantitative estimate of drug-likeness (QED) is 0.368. The van der Waals surface area contributed by atoms with Crippen LogP contribution in [0.4, 0.5) is 23.0 Å². The Bertz CT molecular complexity index is 1170. The lowest BCUT2D eigenvalue weighted by Crippen LogP contribution is -2.30. The highest BCUT2D eigenvalue weighted by atomic mass is 35.5. The first-order valence-corrected chi connectivity index (χ1v) is 9.17. The minimum absolute atomic E-state index is 0.275. The highest BCUT2D eigenvalue weighted by Gasteiger charge is 2.11. The topological polar surface area (TPSA) is 105 Å². The fraction of sp³-hybridized carbons (Fsp3) is 0. The smallest absolute Gasteiger partial charge is 0.269 e. The zero-order valence-corrected chi connectivity index (χ0v) is 15.9. The van der Waals surface area contributed by atoms with E-state index in [2.05, 4.69) is 26.1 Å². The number of carbonyl (C=O) groups excluding carboxylic acids is 1. The number of nitrogens with one attached hydrogen (secondary N) is 3. The molecule has 144 valence electrons. The molecule has 4 aromatic rings. The van der Waals surface area contributed by atoms with E-state index in [1.807, 2.05) is 42.5 Å². The number of halogens is 1. The van der Waals surface area contributed by atoms with Crippen molar-refractivity contribution in [3.63, 3.8) is 0 Å². The van der Waals surface area contributed by atoms with E-state index >= 15 is 0 Å². The Balaban J connectivity index is 1.53. The van der Waals surface area contributed by atoms with Gasteiger partial charge in [0.25, 0.3) is 5.91 Å². The molecule has 1 amide bonds. The molecule has 3 aromatic carbocycles. The van der Waals surface area contributed by atoms with Crippen LogP contribution in [-0.4, -0.2) is 15.9 Å². The summed E-state index contributed by atoms with van der Waals surface area (Å²) in [6.45, 7) is 0. The molecule has 0 aliphatic heterocycles. The first kappa shape index (κ1) is 18.5. The molecule has 0 saturated carbocycles. The molecule has 7 nitrogen and oxygen atoms in total. The molecule has 5 N–H and O–H groups in total. The summed E-state index contributed by atoms with van der Waals surface area (Å²) in [5.74, 6) is 0.368. The van der Waals surface area contributed by atoms with Gasteiger partial charge in [0.05, 0.1) is 0 Å². The van der Waals surface area contributed by atoms with Crippen molar-refractivity contribution in [3.05, 3.63) is 83.6 Å². The Morgan fingerprint density at radius 1 is 0.897 bits per heavy atom. The van der Waals surface area contributed by atoms with Crippen LogP contribution in [0.15, 0.2) is 73.1 Å². The highest BCUT2D eigenvalue weighted by molar-refractivity contribution is 6.30. The van der Waals surface area contributed by atoms with Crippen molar-refractivity contribution in [1.82, 2.24) is 15.4 Å². The Kier molecular flexibility index (Phi) is 5.13. The second kappa shape index (κ2) is 8.04. The highest BCUT2D eigenvalue weighted by Crippen LogP contribution is 2.29. The predicted molar refractivity (Wildman–Crippen MR) is 116 cm³/mol. The van der Waals surface area contributed by atoms with Gasteiger partial charge < -0.3 is 11.1 Å². The molecule has 0 radical (unpaired) electrons. The Hall–Kier alpha value is -3.84. The third kappa shape index (κ3) is 4.04. The van der Waals surface area contributed by atoms with Crippen molar-refractivity contribution in [2.24, 2.45) is 0 Å². The summed E-state index contributed by atoms with van der Waals surface area (Å²) in [5.41, 5.74) is 13.1. The average molecular weight is 405 g/mol. The maximum Gasteiger partial charge on any atom is 0.269 e. The molecule has 0 aliphatic carbocycles. The number of anilines is 4. The molecular formula is C21H17ClN6O. The SMILES string of the molecule is Nc1c(NNC(=O)c2ccc(Cl)cc2)ncnc1Nc1cccc2ccccc12. The fourth-order valence-corrected chi connectivity index (χ4v) is 2.97. The van der Waals surface area contributed by atoms with Gasteiger partial charge in [-0.15, -0.1) is 0 Å². The molecular weight excluding hydrogens is 388 g/mol. The zero-order chi connectivity index (χ0) is 20.2. The van der Waals surface area contributed by atoms with E-state index in [0.29, 0.717) is 16.4 Å². The summed E-state index contributed by atoms with van der Waals surface area (Å²) >= 11 is 5.84. The van der Waals surface area contributed by atoms with E-state index in [1.54, 1.807) is 24.3 Å². The number of amides is 1. The van der Waals surface area contributed by atoms with Crippen LogP contribution in [0.3, 0.4) is 0 Å². The van der Waals surface area contributed by atoms with E-state index in [9.17, 15) is 4.79 Å². The van der Waals surface area contributed by atoms with Gasteiger partial charge in [-0.2, -0.15) is 0 Å². The van der Waals surface area contributed by atoms with Gasteiger partial charge in [-0.3, -0.25) is 15.6 Å². The predicted octanol–water partition coefficient (Wildman–Crippen LogP) is 4.37. The molecule has 0 saturated heterocycles. The third-order valence-corrected chi connectivity index (χ3v) is 4.58. The van der Waals surface area contributed by atoms with E-state index in [1.165, 1.54) is 6.33 Å². The van der Waals surface area contributed by atoms with Crippen molar-refractivity contribution in [2.45, 2.75) is 0 Å². The van der Waals surface area contributed by atoms with Crippen LogP contribution >= 0.6 is 11.6 Å². The zero-order valence-electron chi connectivity index (χ0n) is 15.2. The number of nitrogens with zero attached hydrogens (tertiary/aromatic N) is 2. The molecule has 1 heterocycles. The summed E-state index contributed by atoms with van der Waals surface area (Å²) in [6, 6.07) is 20.4. The summed E-state index contributed by atoms with van der Waals surface area (Å²) in [6.07, 6.45) is 1.36. The van der Waals surface area contributed by atoms with Crippen LogP contribution in [0.2, 0.25) is 5.02 Å². The van der Waals surface area contributed by atoms with Crippen LogP contribution in [0.1, 0.15) is 10.4 Å². The summed E-state index contributed by atoms with van der Waals surface area (Å²) in [5, 5.41) is 5.93. The minimum atomic E-state index is -0.344. The lowest BCUT2D eigenvalue weighted by atomic mass is 10.1. The molecule has 0 aliphatic rings. The lowest BCUT2D eigenvalue weighted by molar-refractivity contribution is 0.0962. The molecule has 0 bridgehead atoms. The Morgan fingerprint density at radius 2 is 1.62 bits per heavy atom. The van der Waals surface area contributed by atoms with Gasteiger partial charge in [0.1, 0.15) is 12.0 Å². The van der Waals surface area contributed by atoms with E-state index in [4.69, 9.17) is 17.3 Å². The van der Waals surface area contributed by atoms with Crippen LogP contribution in [0.25, 0.3) is 10.8 Å². The van der Waals surface area contributed by atoms with Crippen LogP contribution in [0.5, 0.6) is 0 Å². The van der Waals surface area contributed by atoms with Gasteiger partial charge in [-0.05, 0) is 35.7 Å². The van der Waals surface area contributed by atoms with Crippen molar-refractivity contribution in [3.8, 4) is 0 Å². The molecule has 4 rings (SSSR count). The van der Waals surface area contributed by atoms with E-state index < -0.39 is 0 Å². The number of benzene rings is 3. The van der Waals surface area contributed by atoms with Crippen molar-refractivity contribution in [2.75, 3.05) is 16.5 Å². The standard InChI is InChI=1S/C21H17ClN6O/c22-15-10-8-14(9-11-15)21(29)28-27-20-18(23)19(24-12-25-20)26-17-7-3-5-13-4-1-2-6-16(13)17/h1-12H,23H2,(H,28,29)(H2,24,25,26,27). The van der Waals surface area contributed by atoms with Crippen LogP contribution in [0, 0.1) is 0 Å². The number of aromatic nitrogens is 2. The molecule has 0 fully saturated rings. The van der Waals surface area contributed by atoms with Crippen molar-refractivity contribution >= 4 is 51.3 Å². The minimum Gasteiger partial charge on any atom is -0.393 e. The van der Waals surface area contributed by atoms with E-state index in [0.717, 1.165) is 16.5 Å². The number of nitrogens with two attached hydrogens (primary N) is 1. The second-order valence-electron chi connectivity index (χ2n) is 6.22. The largest absolute Gasteiger partial charge is 0.393 e. The molecule has 0 spiro atoms. The van der Waals surface area contributed by atoms with Crippen molar-refractivity contribution < 1.29 is 4.79 Å². The molecule has 8 heteroatoms. The van der Waals surface area contributed by atoms with E-state index in [-0.39, 0.29) is 17.4 Å². The van der Waals surface area contributed by atoms with Crippen LogP contribution in [-0.2, 0) is 0 Å². The van der Waals surface area contributed by atoms with Crippen molar-refractivity contribution in [1.29, 1.82) is 0 Å². The molecule has 0 atom stereocenters. The number of hydrazine groups is 1. The van der Waals surface area contributed by atoms with Gasteiger partial charge >= 0.3 is 0 Å². The number of nitrogen functional groups attached to an aromatic ring is 1. The maximum absolute atomic E-state index is 12.2. The number of fused-ring (bicyclic) bond motifs is 1. The number of carbonyl (C=O) groups is 1. The van der Waals surface area contributed by atoms with Gasteiger partial charge in [0, 0.05) is 21.7 Å². The lowest BCUT2D eigenvalue weighted by Gasteiger charge is -2.14. The van der Waals surface area contributed by atoms with Gasteiger partial charge in [0.15, 0.2) is 11.6 Å². The van der Waals surface area contributed by atoms with Crippen LogP contribution < -0.4 is 21.9 Å². The summed E-state index contributed by atoms with van der Waals surface area (Å²) in [7, 11) is 0. The maximum atomic E-state index is 12.2. The summed E-state index contributed by atoms with van der Waals surface area (Å²) in [4.78, 5) is 20.6. The Morgan fingerprint density at radius 3 is 2.45 bits per heavy atom. The molecule has 1 aromatic heterocycles. The molecule has 0 unspecified atom stereocenters. The Labute approximate surface area is 171 Å².